The number of hydrogen-bond donors (Lipinski definition) is 0. The zero-order valence-corrected chi connectivity index (χ0v) is 21.2. The second-order valence-electron chi connectivity index (χ2n) is 10.2. The standard InChI is InChI=1S/C27H36F2N6O/c1-33(2)21-12-10-19(11-13-21)6-5-7-20-18-24(32-27(30-20)34-14-16-36-17-15-34)35-23-9-4-3-8-22(23)31-26(35)25(28)29/h3-4,8-9,18-19,21,25H,5-7,10-17H2,1-2H3. The van der Waals surface area contributed by atoms with Crippen LogP contribution in [-0.4, -0.2) is 70.9 Å². The van der Waals surface area contributed by atoms with Gasteiger partial charge in [-0.2, -0.15) is 4.98 Å². The van der Waals surface area contributed by atoms with Crippen LogP contribution in [0.25, 0.3) is 16.9 Å². The molecule has 1 aromatic carbocycles. The lowest BCUT2D eigenvalue weighted by Crippen LogP contribution is -2.37. The quantitative estimate of drug-likeness (QED) is 0.434. The van der Waals surface area contributed by atoms with Crippen LogP contribution in [0, 0.1) is 5.92 Å². The summed E-state index contributed by atoms with van der Waals surface area (Å²) in [5.74, 6) is 1.50. The molecule has 1 aliphatic heterocycles. The summed E-state index contributed by atoms with van der Waals surface area (Å²) in [4.78, 5) is 18.3. The van der Waals surface area contributed by atoms with Crippen molar-refractivity contribution < 1.29 is 13.5 Å². The lowest BCUT2D eigenvalue weighted by Gasteiger charge is -2.32. The molecule has 0 spiro atoms. The van der Waals surface area contributed by atoms with E-state index in [0.29, 0.717) is 55.1 Å². The number of benzene rings is 1. The van der Waals surface area contributed by atoms with Gasteiger partial charge in [0.25, 0.3) is 6.43 Å². The summed E-state index contributed by atoms with van der Waals surface area (Å²) in [6.07, 6.45) is 5.37. The van der Waals surface area contributed by atoms with E-state index >= 15 is 0 Å². The van der Waals surface area contributed by atoms with Gasteiger partial charge in [-0.25, -0.2) is 18.7 Å². The molecule has 0 radical (unpaired) electrons. The normalized spacial score (nSPS) is 21.1. The third-order valence-corrected chi connectivity index (χ3v) is 7.65. The monoisotopic (exact) mass is 498 g/mol. The highest BCUT2D eigenvalue weighted by atomic mass is 19.3. The van der Waals surface area contributed by atoms with Crippen molar-refractivity contribution in [3.05, 3.63) is 41.9 Å². The van der Waals surface area contributed by atoms with E-state index < -0.39 is 6.43 Å². The Labute approximate surface area is 211 Å². The Bertz CT molecular complexity index is 1150. The fraction of sp³-hybridized carbons (Fsp3) is 0.593. The van der Waals surface area contributed by atoms with E-state index in [2.05, 4.69) is 28.9 Å². The van der Waals surface area contributed by atoms with Gasteiger partial charge in [0.1, 0.15) is 5.82 Å². The lowest BCUT2D eigenvalue weighted by molar-refractivity contribution is 0.122. The average Bonchev–Trinajstić information content (AvgIpc) is 3.30. The number of halogens is 2. The molecule has 36 heavy (non-hydrogen) atoms. The van der Waals surface area contributed by atoms with Crippen LogP contribution in [0.2, 0.25) is 0 Å². The number of morpholine rings is 1. The van der Waals surface area contributed by atoms with Gasteiger partial charge in [0, 0.05) is 30.9 Å². The highest BCUT2D eigenvalue weighted by Crippen LogP contribution is 2.31. The second-order valence-corrected chi connectivity index (χ2v) is 10.2. The smallest absolute Gasteiger partial charge is 0.296 e. The predicted octanol–water partition coefficient (Wildman–Crippen LogP) is 5.03. The maximum Gasteiger partial charge on any atom is 0.296 e. The molecule has 5 rings (SSSR count). The molecular formula is C27H36F2N6O. The summed E-state index contributed by atoms with van der Waals surface area (Å²) < 4.78 is 35.1. The maximum absolute atomic E-state index is 14.0. The summed E-state index contributed by atoms with van der Waals surface area (Å²) in [5, 5.41) is 0. The van der Waals surface area contributed by atoms with E-state index in [-0.39, 0.29) is 5.82 Å². The van der Waals surface area contributed by atoms with Gasteiger partial charge in [0.2, 0.25) is 5.95 Å². The Morgan fingerprint density at radius 1 is 1.03 bits per heavy atom. The second kappa shape index (κ2) is 11.2. The van der Waals surface area contributed by atoms with E-state index in [1.807, 2.05) is 24.3 Å². The van der Waals surface area contributed by atoms with Crippen LogP contribution in [0.5, 0.6) is 0 Å². The van der Waals surface area contributed by atoms with E-state index in [9.17, 15) is 8.78 Å². The van der Waals surface area contributed by atoms with Gasteiger partial charge in [0.15, 0.2) is 5.82 Å². The lowest BCUT2D eigenvalue weighted by atomic mass is 9.82. The molecule has 194 valence electrons. The molecular weight excluding hydrogens is 462 g/mol. The number of anilines is 1. The Hall–Kier alpha value is -2.65. The van der Waals surface area contributed by atoms with Crippen molar-refractivity contribution in [2.45, 2.75) is 57.4 Å². The van der Waals surface area contributed by atoms with Gasteiger partial charge in [0.05, 0.1) is 24.2 Å². The number of fused-ring (bicyclic) bond motifs is 1. The highest BCUT2D eigenvalue weighted by Gasteiger charge is 2.24. The zero-order valence-electron chi connectivity index (χ0n) is 21.2. The van der Waals surface area contributed by atoms with E-state index in [1.165, 1.54) is 36.7 Å². The SMILES string of the molecule is CN(C)C1CCC(CCCc2cc(-n3c(C(F)F)nc4ccccc43)nc(N3CCOCC3)n2)CC1. The summed E-state index contributed by atoms with van der Waals surface area (Å²) in [5.41, 5.74) is 2.05. The molecule has 2 fully saturated rings. The Morgan fingerprint density at radius 3 is 2.50 bits per heavy atom. The third kappa shape index (κ3) is 5.52. The molecule has 0 unspecified atom stereocenters. The van der Waals surface area contributed by atoms with Crippen molar-refractivity contribution in [3.63, 3.8) is 0 Å². The van der Waals surface area contributed by atoms with Gasteiger partial charge in [-0.15, -0.1) is 0 Å². The summed E-state index contributed by atoms with van der Waals surface area (Å²) in [6, 6.07) is 9.79. The first-order valence-corrected chi connectivity index (χ1v) is 13.1. The Morgan fingerprint density at radius 2 is 1.78 bits per heavy atom. The molecule has 1 saturated heterocycles. The first-order chi connectivity index (χ1) is 17.5. The van der Waals surface area contributed by atoms with Gasteiger partial charge in [-0.1, -0.05) is 18.6 Å². The molecule has 1 aliphatic carbocycles. The fourth-order valence-corrected chi connectivity index (χ4v) is 5.57. The number of aromatic nitrogens is 4. The topological polar surface area (TPSA) is 59.3 Å². The van der Waals surface area contributed by atoms with Crippen molar-refractivity contribution in [2.75, 3.05) is 45.3 Å². The molecule has 3 aromatic rings. The minimum atomic E-state index is -2.71. The number of para-hydroxylation sites is 2. The summed E-state index contributed by atoms with van der Waals surface area (Å²) in [6.45, 7) is 2.58. The Kier molecular flexibility index (Phi) is 7.76. The Balaban J connectivity index is 1.40. The molecule has 7 nitrogen and oxygen atoms in total. The summed E-state index contributed by atoms with van der Waals surface area (Å²) >= 11 is 0. The van der Waals surface area contributed by atoms with Crippen LogP contribution in [0.3, 0.4) is 0 Å². The number of imidazole rings is 1. The van der Waals surface area contributed by atoms with Crippen LogP contribution in [0.1, 0.15) is 56.5 Å². The fourth-order valence-electron chi connectivity index (χ4n) is 5.57. The first kappa shape index (κ1) is 25.0. The molecule has 0 N–H and O–H groups in total. The van der Waals surface area contributed by atoms with Crippen molar-refractivity contribution in [1.29, 1.82) is 0 Å². The summed E-state index contributed by atoms with van der Waals surface area (Å²) in [7, 11) is 4.35. The number of aryl methyl sites for hydroxylation is 1. The van der Waals surface area contributed by atoms with E-state index in [1.54, 1.807) is 6.07 Å². The molecule has 0 bridgehead atoms. The number of alkyl halides is 2. The van der Waals surface area contributed by atoms with Crippen molar-refractivity contribution in [1.82, 2.24) is 24.4 Å². The molecule has 2 aromatic heterocycles. The third-order valence-electron chi connectivity index (χ3n) is 7.65. The largest absolute Gasteiger partial charge is 0.378 e. The van der Waals surface area contributed by atoms with Crippen LogP contribution < -0.4 is 4.90 Å². The maximum atomic E-state index is 14.0. The zero-order chi connectivity index (χ0) is 25.1. The van der Waals surface area contributed by atoms with Gasteiger partial charge >= 0.3 is 0 Å². The number of rotatable bonds is 8. The molecule has 9 heteroatoms. The average molecular weight is 499 g/mol. The van der Waals surface area contributed by atoms with Crippen LogP contribution in [0.4, 0.5) is 14.7 Å². The number of ether oxygens (including phenoxy) is 1. The minimum absolute atomic E-state index is 0.286. The van der Waals surface area contributed by atoms with Crippen molar-refractivity contribution >= 4 is 17.0 Å². The molecule has 2 aliphatic rings. The van der Waals surface area contributed by atoms with Crippen molar-refractivity contribution in [3.8, 4) is 5.82 Å². The predicted molar refractivity (Wildman–Crippen MR) is 137 cm³/mol. The van der Waals surface area contributed by atoms with Crippen molar-refractivity contribution in [2.24, 2.45) is 5.92 Å². The minimum Gasteiger partial charge on any atom is -0.378 e. The molecule has 0 amide bonds. The first-order valence-electron chi connectivity index (χ1n) is 13.1. The molecule has 3 heterocycles. The van der Waals surface area contributed by atoms with Gasteiger partial charge in [-0.3, -0.25) is 4.57 Å². The number of hydrogen-bond acceptors (Lipinski definition) is 6. The number of nitrogens with zero attached hydrogens (tertiary/aromatic N) is 6. The van der Waals surface area contributed by atoms with Crippen LogP contribution >= 0.6 is 0 Å². The van der Waals surface area contributed by atoms with Crippen LogP contribution in [0.15, 0.2) is 30.3 Å². The van der Waals surface area contributed by atoms with E-state index in [4.69, 9.17) is 14.7 Å². The molecule has 1 saturated carbocycles. The molecule has 0 atom stereocenters. The van der Waals surface area contributed by atoms with Crippen LogP contribution in [-0.2, 0) is 11.2 Å². The van der Waals surface area contributed by atoms with Gasteiger partial charge < -0.3 is 14.5 Å². The highest BCUT2D eigenvalue weighted by molar-refractivity contribution is 5.78. The van der Waals surface area contributed by atoms with Gasteiger partial charge in [-0.05, 0) is 70.7 Å². The van der Waals surface area contributed by atoms with E-state index in [0.717, 1.165) is 24.5 Å².